The Kier molecular flexibility index (Phi) is 5.25. The van der Waals surface area contributed by atoms with Crippen molar-refractivity contribution in [2.75, 3.05) is 6.61 Å². The lowest BCUT2D eigenvalue weighted by molar-refractivity contribution is 0.00424. The predicted molar refractivity (Wildman–Crippen MR) is 63.8 cm³/mol. The zero-order valence-electron chi connectivity index (χ0n) is 8.58. The van der Waals surface area contributed by atoms with Crippen molar-refractivity contribution in [3.63, 3.8) is 0 Å². The van der Waals surface area contributed by atoms with Crippen LogP contribution in [0.4, 0.5) is 5.69 Å². The monoisotopic (exact) mass is 239 g/mol. The van der Waals surface area contributed by atoms with Crippen LogP contribution in [0.25, 0.3) is 0 Å². The first-order valence-corrected chi connectivity index (χ1v) is 5.24. The maximum absolute atomic E-state index is 9.76. The number of hydrogen-bond acceptors (Lipinski definition) is 5. The van der Waals surface area contributed by atoms with Crippen molar-refractivity contribution >= 4 is 23.1 Å². The van der Waals surface area contributed by atoms with Crippen LogP contribution in [0.5, 0.6) is 0 Å². The van der Waals surface area contributed by atoms with Gasteiger partial charge in [0.2, 0.25) is 0 Å². The SMILES string of the molecule is OCCC(O)C(O)c1cccc(N=C=S)c1. The minimum atomic E-state index is -1.03. The van der Waals surface area contributed by atoms with E-state index < -0.39 is 12.2 Å². The van der Waals surface area contributed by atoms with Crippen molar-refractivity contribution in [3.8, 4) is 0 Å². The molecule has 0 saturated carbocycles. The van der Waals surface area contributed by atoms with Gasteiger partial charge < -0.3 is 15.3 Å². The zero-order valence-corrected chi connectivity index (χ0v) is 9.39. The number of aliphatic hydroxyl groups excluding tert-OH is 3. The van der Waals surface area contributed by atoms with E-state index in [0.717, 1.165) is 0 Å². The summed E-state index contributed by atoms with van der Waals surface area (Å²) in [5.74, 6) is 0. The summed E-state index contributed by atoms with van der Waals surface area (Å²) in [6, 6.07) is 6.71. The summed E-state index contributed by atoms with van der Waals surface area (Å²) in [6.07, 6.45) is -1.90. The van der Waals surface area contributed by atoms with Gasteiger partial charge >= 0.3 is 0 Å². The summed E-state index contributed by atoms with van der Waals surface area (Å²) in [7, 11) is 0. The van der Waals surface area contributed by atoms with Gasteiger partial charge in [-0.3, -0.25) is 0 Å². The van der Waals surface area contributed by atoms with Crippen LogP contribution in [0, 0.1) is 0 Å². The second-order valence-electron chi connectivity index (χ2n) is 3.32. The highest BCUT2D eigenvalue weighted by Crippen LogP contribution is 2.22. The van der Waals surface area contributed by atoms with E-state index in [1.807, 2.05) is 0 Å². The molecular weight excluding hydrogens is 226 g/mol. The summed E-state index contributed by atoms with van der Waals surface area (Å²) < 4.78 is 0. The molecule has 3 N–H and O–H groups in total. The van der Waals surface area contributed by atoms with E-state index in [0.29, 0.717) is 11.3 Å². The second kappa shape index (κ2) is 6.48. The van der Waals surface area contributed by atoms with E-state index in [9.17, 15) is 10.2 Å². The Balaban J connectivity index is 2.86. The second-order valence-corrected chi connectivity index (χ2v) is 3.51. The molecule has 0 saturated heterocycles. The average Bonchev–Trinajstić information content (AvgIpc) is 2.29. The highest BCUT2D eigenvalue weighted by atomic mass is 32.1. The predicted octanol–water partition coefficient (Wildman–Crippen LogP) is 1.20. The van der Waals surface area contributed by atoms with Gasteiger partial charge in [0.1, 0.15) is 6.10 Å². The standard InChI is InChI=1S/C11H13NO3S/c13-5-4-10(14)11(15)8-2-1-3-9(6-8)12-7-16/h1-3,6,10-11,13-15H,4-5H2. The Hall–Kier alpha value is -1.10. The minimum absolute atomic E-state index is 0.127. The van der Waals surface area contributed by atoms with Gasteiger partial charge in [0, 0.05) is 6.61 Å². The fraction of sp³-hybridized carbons (Fsp3) is 0.364. The largest absolute Gasteiger partial charge is 0.396 e. The average molecular weight is 239 g/mol. The van der Waals surface area contributed by atoms with Crippen molar-refractivity contribution in [2.24, 2.45) is 4.99 Å². The Labute approximate surface area is 98.9 Å². The fourth-order valence-electron chi connectivity index (χ4n) is 1.34. The molecule has 1 rings (SSSR count). The Morgan fingerprint density at radius 3 is 2.75 bits per heavy atom. The lowest BCUT2D eigenvalue weighted by Gasteiger charge is -2.17. The molecule has 0 bridgehead atoms. The highest BCUT2D eigenvalue weighted by Gasteiger charge is 2.17. The maximum Gasteiger partial charge on any atom is 0.105 e. The first-order valence-electron chi connectivity index (χ1n) is 4.84. The minimum Gasteiger partial charge on any atom is -0.396 e. The first-order chi connectivity index (χ1) is 7.69. The quantitative estimate of drug-likeness (QED) is 0.533. The van der Waals surface area contributed by atoms with Crippen LogP contribution in [0.15, 0.2) is 29.3 Å². The van der Waals surface area contributed by atoms with Crippen molar-refractivity contribution in [3.05, 3.63) is 29.8 Å². The van der Waals surface area contributed by atoms with Gasteiger partial charge in [-0.05, 0) is 36.3 Å². The topological polar surface area (TPSA) is 73.0 Å². The van der Waals surface area contributed by atoms with E-state index in [2.05, 4.69) is 22.4 Å². The summed E-state index contributed by atoms with van der Waals surface area (Å²) in [4.78, 5) is 3.78. The third kappa shape index (κ3) is 3.48. The number of hydrogen-bond donors (Lipinski definition) is 3. The van der Waals surface area contributed by atoms with Crippen LogP contribution < -0.4 is 0 Å². The molecule has 86 valence electrons. The van der Waals surface area contributed by atoms with Gasteiger partial charge in [0.15, 0.2) is 0 Å². The smallest absolute Gasteiger partial charge is 0.105 e. The third-order valence-corrected chi connectivity index (χ3v) is 2.27. The van der Waals surface area contributed by atoms with Gasteiger partial charge in [-0.2, -0.15) is 4.99 Å². The van der Waals surface area contributed by atoms with Gasteiger partial charge in [0.25, 0.3) is 0 Å². The van der Waals surface area contributed by atoms with Gasteiger partial charge in [-0.15, -0.1) is 0 Å². The van der Waals surface area contributed by atoms with Crippen LogP contribution in [-0.4, -0.2) is 33.2 Å². The van der Waals surface area contributed by atoms with Gasteiger partial charge in [-0.1, -0.05) is 12.1 Å². The van der Waals surface area contributed by atoms with Crippen LogP contribution in [0.1, 0.15) is 18.1 Å². The molecule has 1 aromatic rings. The third-order valence-electron chi connectivity index (χ3n) is 2.18. The summed E-state index contributed by atoms with van der Waals surface area (Å²) in [6.45, 7) is -0.171. The Bertz CT molecular complexity index is 391. The molecule has 0 heterocycles. The van der Waals surface area contributed by atoms with Crippen molar-refractivity contribution in [1.82, 2.24) is 0 Å². The van der Waals surface area contributed by atoms with E-state index in [4.69, 9.17) is 5.11 Å². The molecule has 0 spiro atoms. The summed E-state index contributed by atoms with van der Waals surface area (Å²) in [5, 5.41) is 30.2. The normalized spacial score (nSPS) is 13.9. The van der Waals surface area contributed by atoms with Crippen LogP contribution >= 0.6 is 12.2 Å². The molecule has 0 aliphatic carbocycles. The van der Waals surface area contributed by atoms with Crippen molar-refractivity contribution in [1.29, 1.82) is 0 Å². The molecule has 0 fully saturated rings. The number of nitrogens with zero attached hydrogens (tertiary/aromatic N) is 1. The molecule has 2 atom stereocenters. The number of thiocarbonyl (C=S) groups is 1. The fourth-order valence-corrected chi connectivity index (χ4v) is 1.45. The lowest BCUT2D eigenvalue weighted by atomic mass is 10.0. The Morgan fingerprint density at radius 2 is 2.12 bits per heavy atom. The van der Waals surface area contributed by atoms with Crippen LogP contribution in [0.3, 0.4) is 0 Å². The van der Waals surface area contributed by atoms with E-state index >= 15 is 0 Å². The number of rotatable bonds is 5. The number of benzene rings is 1. The molecule has 4 nitrogen and oxygen atoms in total. The van der Waals surface area contributed by atoms with Gasteiger partial charge in [0.05, 0.1) is 17.0 Å². The van der Waals surface area contributed by atoms with E-state index in [-0.39, 0.29) is 13.0 Å². The van der Waals surface area contributed by atoms with E-state index in [1.165, 1.54) is 0 Å². The van der Waals surface area contributed by atoms with Crippen molar-refractivity contribution < 1.29 is 15.3 Å². The first kappa shape index (κ1) is 13.0. The maximum atomic E-state index is 9.76. The number of aliphatic imine (C=N–C) groups is 1. The molecule has 5 heteroatoms. The van der Waals surface area contributed by atoms with E-state index in [1.54, 1.807) is 24.3 Å². The molecule has 0 aliphatic heterocycles. The lowest BCUT2D eigenvalue weighted by Crippen LogP contribution is -2.19. The van der Waals surface area contributed by atoms with Crippen LogP contribution in [-0.2, 0) is 0 Å². The van der Waals surface area contributed by atoms with Crippen molar-refractivity contribution in [2.45, 2.75) is 18.6 Å². The molecule has 0 aliphatic rings. The zero-order chi connectivity index (χ0) is 12.0. The molecule has 16 heavy (non-hydrogen) atoms. The molecule has 1 aromatic carbocycles. The Morgan fingerprint density at radius 1 is 1.38 bits per heavy atom. The molecular formula is C11H13NO3S. The molecule has 0 aromatic heterocycles. The highest BCUT2D eigenvalue weighted by molar-refractivity contribution is 7.78. The molecule has 0 amide bonds. The number of aliphatic hydroxyl groups is 3. The molecule has 0 radical (unpaired) electrons. The molecule has 2 unspecified atom stereocenters. The number of isothiocyanates is 1. The summed E-state index contributed by atoms with van der Waals surface area (Å²) >= 11 is 4.47. The van der Waals surface area contributed by atoms with Crippen LogP contribution in [0.2, 0.25) is 0 Å². The van der Waals surface area contributed by atoms with Gasteiger partial charge in [-0.25, -0.2) is 0 Å². The summed E-state index contributed by atoms with van der Waals surface area (Å²) in [5.41, 5.74) is 1.11.